The molecule has 7 nitrogen and oxygen atoms in total. The molecule has 0 unspecified atom stereocenters. The van der Waals surface area contributed by atoms with Gasteiger partial charge in [-0.25, -0.2) is 0 Å². The van der Waals surface area contributed by atoms with Crippen LogP contribution in [0.15, 0.2) is 45.9 Å². The zero-order valence-electron chi connectivity index (χ0n) is 17.8. The van der Waals surface area contributed by atoms with Gasteiger partial charge in [0.15, 0.2) is 5.43 Å². The topological polar surface area (TPSA) is 75.9 Å². The second kappa shape index (κ2) is 7.90. The van der Waals surface area contributed by atoms with E-state index in [4.69, 9.17) is 9.15 Å². The summed E-state index contributed by atoms with van der Waals surface area (Å²) >= 11 is 0. The van der Waals surface area contributed by atoms with Crippen LogP contribution in [0.4, 0.5) is 0 Å². The number of morpholine rings is 1. The van der Waals surface area contributed by atoms with Gasteiger partial charge in [0.25, 0.3) is 5.91 Å². The molecule has 1 amide bonds. The van der Waals surface area contributed by atoms with Gasteiger partial charge in [-0.3, -0.25) is 19.5 Å². The zero-order chi connectivity index (χ0) is 21.5. The third-order valence-electron chi connectivity index (χ3n) is 6.34. The number of hydrogen-bond donors (Lipinski definition) is 0. The summed E-state index contributed by atoms with van der Waals surface area (Å²) in [6.45, 7) is 8.23. The number of benzene rings is 1. The molecule has 1 saturated heterocycles. The van der Waals surface area contributed by atoms with Gasteiger partial charge in [0.05, 0.1) is 30.2 Å². The molecule has 2 aliphatic heterocycles. The molecule has 1 atom stereocenters. The number of carbonyl (C=O) groups excluding carboxylic acids is 1. The summed E-state index contributed by atoms with van der Waals surface area (Å²) in [6.07, 6.45) is 3.41. The molecular weight excluding hydrogens is 394 g/mol. The highest BCUT2D eigenvalue weighted by atomic mass is 16.5. The van der Waals surface area contributed by atoms with Crippen LogP contribution < -0.4 is 5.43 Å². The summed E-state index contributed by atoms with van der Waals surface area (Å²) in [7, 11) is 0. The minimum Gasteiger partial charge on any atom is -0.450 e. The molecule has 4 heterocycles. The Labute approximate surface area is 180 Å². The third-order valence-corrected chi connectivity index (χ3v) is 6.34. The standard InChI is InChI=1S/C24H25N3O4/c1-15-12-18-19(13-16(15)2)31-23-20(22(18)28)21(17-4-3-5-25-14-17)27(24(23)29)7-6-26-8-10-30-11-9-26/h3-5,12-14,21H,6-11H2,1-2H3/t21-/m1/s1. The molecule has 5 rings (SSSR count). The maximum Gasteiger partial charge on any atom is 0.290 e. The summed E-state index contributed by atoms with van der Waals surface area (Å²) < 4.78 is 11.5. The van der Waals surface area contributed by atoms with E-state index in [1.165, 1.54) is 0 Å². The SMILES string of the molecule is Cc1cc2oc3c(c(=O)c2cc1C)[C@@H](c1cccnc1)N(CCN1CCOCC1)C3=O. The Morgan fingerprint density at radius 2 is 1.87 bits per heavy atom. The molecule has 1 aromatic carbocycles. The predicted molar refractivity (Wildman–Crippen MR) is 116 cm³/mol. The summed E-state index contributed by atoms with van der Waals surface area (Å²) in [6, 6.07) is 6.94. The second-order valence-corrected chi connectivity index (χ2v) is 8.25. The number of amides is 1. The number of fused-ring (bicyclic) bond motifs is 2. The Bertz CT molecular complexity index is 1200. The molecule has 0 bridgehead atoms. The fourth-order valence-electron chi connectivity index (χ4n) is 4.46. The Hall–Kier alpha value is -3.03. The number of carbonyl (C=O) groups is 1. The first-order chi connectivity index (χ1) is 15.0. The van der Waals surface area contributed by atoms with Gasteiger partial charge in [-0.1, -0.05) is 6.07 Å². The molecule has 3 aromatic rings. The lowest BCUT2D eigenvalue weighted by Gasteiger charge is -2.30. The Balaban J connectivity index is 1.61. The number of aromatic nitrogens is 1. The molecule has 7 heteroatoms. The van der Waals surface area contributed by atoms with Gasteiger partial charge in [-0.05, 0) is 48.7 Å². The highest BCUT2D eigenvalue weighted by Gasteiger charge is 2.42. The normalized spacial score (nSPS) is 19.2. The van der Waals surface area contributed by atoms with Gasteiger partial charge in [-0.2, -0.15) is 0 Å². The minimum atomic E-state index is -0.500. The zero-order valence-corrected chi connectivity index (χ0v) is 17.8. The molecule has 0 saturated carbocycles. The summed E-state index contributed by atoms with van der Waals surface area (Å²) in [5, 5.41) is 0.513. The van der Waals surface area contributed by atoms with Gasteiger partial charge in [0, 0.05) is 38.6 Å². The van der Waals surface area contributed by atoms with Gasteiger partial charge < -0.3 is 14.1 Å². The van der Waals surface area contributed by atoms with Crippen molar-refractivity contribution in [1.29, 1.82) is 0 Å². The van der Waals surface area contributed by atoms with Crippen LogP contribution in [0.2, 0.25) is 0 Å². The molecule has 2 aliphatic rings. The van der Waals surface area contributed by atoms with Crippen LogP contribution in [0.1, 0.15) is 38.9 Å². The number of hydrogen-bond acceptors (Lipinski definition) is 6. The smallest absolute Gasteiger partial charge is 0.290 e. The van der Waals surface area contributed by atoms with Crippen molar-refractivity contribution >= 4 is 16.9 Å². The van der Waals surface area contributed by atoms with Crippen LogP contribution in [-0.2, 0) is 4.74 Å². The molecule has 1 fully saturated rings. The summed E-state index contributed by atoms with van der Waals surface area (Å²) in [5.74, 6) is -0.0917. The Morgan fingerprint density at radius 3 is 2.61 bits per heavy atom. The molecule has 0 spiro atoms. The largest absolute Gasteiger partial charge is 0.450 e. The van der Waals surface area contributed by atoms with Crippen LogP contribution in [-0.4, -0.2) is 60.1 Å². The monoisotopic (exact) mass is 419 g/mol. The van der Waals surface area contributed by atoms with Gasteiger partial charge in [-0.15, -0.1) is 0 Å². The van der Waals surface area contributed by atoms with Crippen molar-refractivity contribution in [1.82, 2.24) is 14.8 Å². The second-order valence-electron chi connectivity index (χ2n) is 8.25. The summed E-state index contributed by atoms with van der Waals surface area (Å²) in [5.41, 5.74) is 3.58. The average Bonchev–Trinajstić information content (AvgIpc) is 3.07. The van der Waals surface area contributed by atoms with E-state index >= 15 is 0 Å². The molecule has 2 aromatic heterocycles. The van der Waals surface area contributed by atoms with E-state index in [9.17, 15) is 9.59 Å². The van der Waals surface area contributed by atoms with Crippen molar-refractivity contribution < 1.29 is 13.9 Å². The number of rotatable bonds is 4. The van der Waals surface area contributed by atoms with E-state index in [0.717, 1.165) is 29.8 Å². The minimum absolute atomic E-state index is 0.143. The maximum atomic E-state index is 13.6. The van der Waals surface area contributed by atoms with E-state index in [0.29, 0.717) is 42.8 Å². The average molecular weight is 419 g/mol. The Kier molecular flexibility index (Phi) is 5.08. The number of pyridine rings is 1. The highest BCUT2D eigenvalue weighted by Crippen LogP contribution is 2.38. The molecule has 31 heavy (non-hydrogen) atoms. The fraction of sp³-hybridized carbons (Fsp3) is 0.375. The van der Waals surface area contributed by atoms with Gasteiger partial charge in [0.2, 0.25) is 5.76 Å². The van der Waals surface area contributed by atoms with Gasteiger partial charge >= 0.3 is 0 Å². The third kappa shape index (κ3) is 3.43. The molecular formula is C24H25N3O4. The van der Waals surface area contributed by atoms with Gasteiger partial charge in [0.1, 0.15) is 5.58 Å². The maximum absolute atomic E-state index is 13.6. The van der Waals surface area contributed by atoms with Crippen LogP contribution in [0.5, 0.6) is 0 Å². The number of ether oxygens (including phenoxy) is 1. The first-order valence-electron chi connectivity index (χ1n) is 10.6. The van der Waals surface area contributed by atoms with E-state index in [-0.39, 0.29) is 17.1 Å². The Morgan fingerprint density at radius 1 is 1.10 bits per heavy atom. The molecule has 160 valence electrons. The first kappa shape index (κ1) is 19.9. The van der Waals surface area contributed by atoms with Crippen LogP contribution >= 0.6 is 0 Å². The lowest BCUT2D eigenvalue weighted by Crippen LogP contribution is -2.42. The predicted octanol–water partition coefficient (Wildman–Crippen LogP) is 2.68. The lowest BCUT2D eigenvalue weighted by molar-refractivity contribution is 0.0314. The summed E-state index contributed by atoms with van der Waals surface area (Å²) in [4.78, 5) is 35.3. The number of aryl methyl sites for hydroxylation is 2. The van der Waals surface area contributed by atoms with E-state index in [1.807, 2.05) is 38.1 Å². The van der Waals surface area contributed by atoms with Crippen molar-refractivity contribution in [2.24, 2.45) is 0 Å². The van der Waals surface area contributed by atoms with E-state index in [2.05, 4.69) is 9.88 Å². The van der Waals surface area contributed by atoms with Crippen molar-refractivity contribution in [2.75, 3.05) is 39.4 Å². The lowest BCUT2D eigenvalue weighted by atomic mass is 9.98. The first-order valence-corrected chi connectivity index (χ1v) is 10.6. The molecule has 0 N–H and O–H groups in total. The van der Waals surface area contributed by atoms with Crippen LogP contribution in [0.3, 0.4) is 0 Å². The quantitative estimate of drug-likeness (QED) is 0.647. The van der Waals surface area contributed by atoms with E-state index in [1.54, 1.807) is 17.3 Å². The number of nitrogens with zero attached hydrogens (tertiary/aromatic N) is 3. The molecule has 0 aliphatic carbocycles. The highest BCUT2D eigenvalue weighted by molar-refractivity contribution is 5.99. The van der Waals surface area contributed by atoms with Crippen molar-refractivity contribution in [3.05, 3.63) is 74.9 Å². The fourth-order valence-corrected chi connectivity index (χ4v) is 4.46. The van der Waals surface area contributed by atoms with Crippen LogP contribution in [0.25, 0.3) is 11.0 Å². The van der Waals surface area contributed by atoms with Crippen LogP contribution in [0, 0.1) is 13.8 Å². The van der Waals surface area contributed by atoms with Crippen molar-refractivity contribution in [3.63, 3.8) is 0 Å². The van der Waals surface area contributed by atoms with Crippen molar-refractivity contribution in [2.45, 2.75) is 19.9 Å². The molecule has 0 radical (unpaired) electrons. The van der Waals surface area contributed by atoms with E-state index < -0.39 is 6.04 Å². The van der Waals surface area contributed by atoms with Crippen molar-refractivity contribution in [3.8, 4) is 0 Å².